The van der Waals surface area contributed by atoms with Crippen LogP contribution in [0.2, 0.25) is 0 Å². The van der Waals surface area contributed by atoms with Gasteiger partial charge in [-0.15, -0.1) is 0 Å². The van der Waals surface area contributed by atoms with Crippen molar-refractivity contribution in [1.29, 1.82) is 0 Å². The summed E-state index contributed by atoms with van der Waals surface area (Å²) >= 11 is 0. The Labute approximate surface area is 139 Å². The molecule has 0 aliphatic carbocycles. The predicted molar refractivity (Wildman–Crippen MR) is 89.0 cm³/mol. The molecule has 1 aliphatic heterocycles. The lowest BCUT2D eigenvalue weighted by Crippen LogP contribution is -2.40. The summed E-state index contributed by atoms with van der Waals surface area (Å²) in [5.41, 5.74) is 2.22. The van der Waals surface area contributed by atoms with E-state index in [4.69, 9.17) is 9.15 Å². The molecule has 6 nitrogen and oxygen atoms in total. The Morgan fingerprint density at radius 2 is 1.67 bits per heavy atom. The summed E-state index contributed by atoms with van der Waals surface area (Å²) in [6.07, 6.45) is 0. The van der Waals surface area contributed by atoms with E-state index in [1.165, 1.54) is 4.31 Å². The zero-order chi connectivity index (χ0) is 16.6. The van der Waals surface area contributed by atoms with Crippen LogP contribution in [0.25, 0.3) is 22.6 Å². The summed E-state index contributed by atoms with van der Waals surface area (Å²) in [5, 5.41) is 0. The summed E-state index contributed by atoms with van der Waals surface area (Å²) in [7, 11) is -3.48. The molecule has 4 rings (SSSR count). The quantitative estimate of drug-likeness (QED) is 0.730. The van der Waals surface area contributed by atoms with Gasteiger partial charge in [-0.25, -0.2) is 13.4 Å². The van der Waals surface area contributed by atoms with E-state index in [9.17, 15) is 8.42 Å². The van der Waals surface area contributed by atoms with Crippen LogP contribution in [-0.4, -0.2) is 44.0 Å². The van der Waals surface area contributed by atoms with Gasteiger partial charge in [-0.05, 0) is 36.4 Å². The van der Waals surface area contributed by atoms with Crippen molar-refractivity contribution in [2.24, 2.45) is 0 Å². The molecule has 24 heavy (non-hydrogen) atoms. The largest absolute Gasteiger partial charge is 0.436 e. The monoisotopic (exact) mass is 344 g/mol. The molecule has 2 heterocycles. The van der Waals surface area contributed by atoms with E-state index in [0.717, 1.165) is 11.1 Å². The van der Waals surface area contributed by atoms with E-state index >= 15 is 0 Å². The fourth-order valence-electron chi connectivity index (χ4n) is 2.70. The second kappa shape index (κ2) is 6.01. The van der Waals surface area contributed by atoms with Gasteiger partial charge in [0.15, 0.2) is 5.58 Å². The normalized spacial score (nSPS) is 16.5. The predicted octanol–water partition coefficient (Wildman–Crippen LogP) is 2.52. The number of benzene rings is 2. The highest BCUT2D eigenvalue weighted by molar-refractivity contribution is 7.89. The molecule has 0 N–H and O–H groups in total. The van der Waals surface area contributed by atoms with Crippen LogP contribution < -0.4 is 0 Å². The van der Waals surface area contributed by atoms with Gasteiger partial charge in [-0.1, -0.05) is 12.1 Å². The van der Waals surface area contributed by atoms with Crippen LogP contribution in [0.4, 0.5) is 0 Å². The average molecular weight is 344 g/mol. The number of oxazole rings is 1. The summed E-state index contributed by atoms with van der Waals surface area (Å²) < 4.78 is 37.6. The van der Waals surface area contributed by atoms with Crippen LogP contribution in [0.3, 0.4) is 0 Å². The van der Waals surface area contributed by atoms with Gasteiger partial charge in [0.05, 0.1) is 18.1 Å². The molecule has 0 atom stereocenters. The first kappa shape index (κ1) is 15.3. The van der Waals surface area contributed by atoms with E-state index < -0.39 is 10.0 Å². The molecule has 7 heteroatoms. The van der Waals surface area contributed by atoms with Crippen molar-refractivity contribution >= 4 is 21.1 Å². The number of fused-ring (bicyclic) bond motifs is 1. The summed E-state index contributed by atoms with van der Waals surface area (Å²) in [6.45, 7) is 1.63. The maximum absolute atomic E-state index is 12.6. The summed E-state index contributed by atoms with van der Waals surface area (Å²) in [5.74, 6) is 0.478. The number of para-hydroxylation sites is 2. The van der Waals surface area contributed by atoms with Crippen molar-refractivity contribution in [2.45, 2.75) is 4.90 Å². The second-order valence-electron chi connectivity index (χ2n) is 5.53. The molecule has 3 aromatic rings. The summed E-state index contributed by atoms with van der Waals surface area (Å²) in [6, 6.07) is 14.1. The number of aromatic nitrogens is 1. The number of rotatable bonds is 3. The van der Waals surface area contributed by atoms with Gasteiger partial charge in [0.25, 0.3) is 0 Å². The molecule has 0 radical (unpaired) electrons. The molecule has 0 saturated carbocycles. The number of sulfonamides is 1. The Hall–Kier alpha value is -2.22. The minimum atomic E-state index is -3.48. The van der Waals surface area contributed by atoms with Crippen LogP contribution in [0.5, 0.6) is 0 Å². The molecule has 124 valence electrons. The van der Waals surface area contributed by atoms with Crippen molar-refractivity contribution in [3.63, 3.8) is 0 Å². The molecule has 0 spiro atoms. The van der Waals surface area contributed by atoms with E-state index in [2.05, 4.69) is 4.98 Å². The lowest BCUT2D eigenvalue weighted by atomic mass is 10.2. The highest BCUT2D eigenvalue weighted by Crippen LogP contribution is 2.26. The number of morpholine rings is 1. The van der Waals surface area contributed by atoms with Gasteiger partial charge in [-0.3, -0.25) is 0 Å². The van der Waals surface area contributed by atoms with Gasteiger partial charge in [0.2, 0.25) is 15.9 Å². The zero-order valence-electron chi connectivity index (χ0n) is 12.9. The molecule has 0 bridgehead atoms. The highest BCUT2D eigenvalue weighted by atomic mass is 32.2. The van der Waals surface area contributed by atoms with Gasteiger partial charge < -0.3 is 9.15 Å². The van der Waals surface area contributed by atoms with E-state index in [0.29, 0.717) is 37.8 Å². The van der Waals surface area contributed by atoms with E-state index in [-0.39, 0.29) is 4.90 Å². The maximum Gasteiger partial charge on any atom is 0.243 e. The smallest absolute Gasteiger partial charge is 0.243 e. The Bertz CT molecular complexity index is 925. The van der Waals surface area contributed by atoms with E-state index in [1.807, 2.05) is 24.3 Å². The fourth-order valence-corrected chi connectivity index (χ4v) is 4.11. The van der Waals surface area contributed by atoms with Crippen LogP contribution in [0.1, 0.15) is 0 Å². The van der Waals surface area contributed by atoms with Gasteiger partial charge in [-0.2, -0.15) is 4.31 Å². The van der Waals surface area contributed by atoms with Crippen LogP contribution in [0, 0.1) is 0 Å². The minimum absolute atomic E-state index is 0.268. The van der Waals surface area contributed by atoms with Gasteiger partial charge in [0.1, 0.15) is 5.52 Å². The van der Waals surface area contributed by atoms with Crippen LogP contribution >= 0.6 is 0 Å². The fraction of sp³-hybridized carbons (Fsp3) is 0.235. The molecule has 1 aromatic heterocycles. The number of hydrogen-bond acceptors (Lipinski definition) is 5. The van der Waals surface area contributed by atoms with Gasteiger partial charge >= 0.3 is 0 Å². The molecular weight excluding hydrogens is 328 g/mol. The number of nitrogens with zero attached hydrogens (tertiary/aromatic N) is 2. The molecule has 0 unspecified atom stereocenters. The third kappa shape index (κ3) is 2.71. The van der Waals surface area contributed by atoms with Crippen LogP contribution in [0.15, 0.2) is 57.8 Å². The second-order valence-corrected chi connectivity index (χ2v) is 7.47. The Balaban J connectivity index is 1.64. The topological polar surface area (TPSA) is 72.6 Å². The number of hydrogen-bond donors (Lipinski definition) is 0. The first-order chi connectivity index (χ1) is 11.6. The minimum Gasteiger partial charge on any atom is -0.436 e. The Kier molecular flexibility index (Phi) is 3.84. The molecule has 2 aromatic carbocycles. The van der Waals surface area contributed by atoms with Crippen molar-refractivity contribution in [3.8, 4) is 11.5 Å². The molecule has 1 saturated heterocycles. The molecule has 0 amide bonds. The average Bonchev–Trinajstić information content (AvgIpc) is 3.07. The molecule has 1 aliphatic rings. The Morgan fingerprint density at radius 1 is 0.958 bits per heavy atom. The Morgan fingerprint density at radius 3 is 2.38 bits per heavy atom. The first-order valence-corrected chi connectivity index (χ1v) is 9.12. The first-order valence-electron chi connectivity index (χ1n) is 7.68. The van der Waals surface area contributed by atoms with E-state index in [1.54, 1.807) is 24.3 Å². The summed E-state index contributed by atoms with van der Waals surface area (Å²) in [4.78, 5) is 4.69. The standard InChI is InChI=1S/C17H16N2O4S/c20-24(21,19-9-11-22-12-10-19)14-7-5-13(6-8-14)17-18-15-3-1-2-4-16(15)23-17/h1-8H,9-12H2. The lowest BCUT2D eigenvalue weighted by Gasteiger charge is -2.26. The van der Waals surface area contributed by atoms with Crippen molar-refractivity contribution < 1.29 is 17.6 Å². The number of ether oxygens (including phenoxy) is 1. The van der Waals surface area contributed by atoms with Crippen molar-refractivity contribution in [1.82, 2.24) is 9.29 Å². The van der Waals surface area contributed by atoms with Gasteiger partial charge in [0, 0.05) is 18.7 Å². The third-order valence-corrected chi connectivity index (χ3v) is 5.92. The zero-order valence-corrected chi connectivity index (χ0v) is 13.7. The maximum atomic E-state index is 12.6. The van der Waals surface area contributed by atoms with Crippen LogP contribution in [-0.2, 0) is 14.8 Å². The molecular formula is C17H16N2O4S. The highest BCUT2D eigenvalue weighted by Gasteiger charge is 2.26. The van der Waals surface area contributed by atoms with Crippen molar-refractivity contribution in [2.75, 3.05) is 26.3 Å². The molecule has 1 fully saturated rings. The SMILES string of the molecule is O=S(=O)(c1ccc(-c2nc3ccccc3o2)cc1)N1CCOCC1. The van der Waals surface area contributed by atoms with Crippen molar-refractivity contribution in [3.05, 3.63) is 48.5 Å². The third-order valence-electron chi connectivity index (χ3n) is 4.00. The lowest BCUT2D eigenvalue weighted by molar-refractivity contribution is 0.0730.